The molecule has 0 N–H and O–H groups in total. The molecule has 0 radical (unpaired) electrons. The lowest BCUT2D eigenvalue weighted by Crippen LogP contribution is -2.31. The van der Waals surface area contributed by atoms with Crippen LogP contribution in [-0.2, 0) is 10.3 Å². The van der Waals surface area contributed by atoms with E-state index in [1.54, 1.807) is 18.5 Å². The fraction of sp³-hybridized carbons (Fsp3) is 0.455. The number of pyridine rings is 1. The number of carbonyl (C=O) groups excluding carboxylic acids is 1. The third-order valence-corrected chi connectivity index (χ3v) is 4.11. The Hall–Kier alpha value is -1.03. The van der Waals surface area contributed by atoms with E-state index in [2.05, 4.69) is 4.98 Å². The van der Waals surface area contributed by atoms with Gasteiger partial charge < -0.3 is 4.74 Å². The molecule has 78 valence electrons. The van der Waals surface area contributed by atoms with Crippen molar-refractivity contribution in [1.29, 1.82) is 0 Å². The second kappa shape index (κ2) is 3.23. The smallest absolute Gasteiger partial charge is 0.339 e. The summed E-state index contributed by atoms with van der Waals surface area (Å²) < 4.78 is 5.57. The van der Waals surface area contributed by atoms with Crippen molar-refractivity contribution in [3.05, 3.63) is 29.6 Å². The standard InChI is InChI=1S/C11H11NO2S/c13-10-8-1-4-12-7-9(8)11(14-10)2-5-15-6-3-11/h1,4,7H,2-3,5-6H2. The molecule has 0 unspecified atom stereocenters. The van der Waals surface area contributed by atoms with Gasteiger partial charge in [0.2, 0.25) is 0 Å². The van der Waals surface area contributed by atoms with Gasteiger partial charge in [0.15, 0.2) is 0 Å². The van der Waals surface area contributed by atoms with Gasteiger partial charge in [-0.3, -0.25) is 4.98 Å². The maximum atomic E-state index is 11.7. The van der Waals surface area contributed by atoms with Crippen molar-refractivity contribution in [2.24, 2.45) is 0 Å². The zero-order valence-electron chi connectivity index (χ0n) is 8.23. The average molecular weight is 221 g/mol. The highest BCUT2D eigenvalue weighted by Crippen LogP contribution is 2.45. The molecular weight excluding hydrogens is 210 g/mol. The number of aromatic nitrogens is 1. The molecular formula is C11H11NO2S. The van der Waals surface area contributed by atoms with Crippen molar-refractivity contribution in [2.75, 3.05) is 11.5 Å². The van der Waals surface area contributed by atoms with E-state index in [1.165, 1.54) is 0 Å². The summed E-state index contributed by atoms with van der Waals surface area (Å²) >= 11 is 1.92. The lowest BCUT2D eigenvalue weighted by molar-refractivity contribution is -0.0128. The zero-order valence-corrected chi connectivity index (χ0v) is 9.05. The quantitative estimate of drug-likeness (QED) is 0.628. The summed E-state index contributed by atoms with van der Waals surface area (Å²) in [6.07, 6.45) is 5.27. The fourth-order valence-corrected chi connectivity index (χ4v) is 3.45. The number of ether oxygens (including phenoxy) is 1. The Morgan fingerprint density at radius 1 is 1.40 bits per heavy atom. The van der Waals surface area contributed by atoms with Crippen LogP contribution in [-0.4, -0.2) is 22.5 Å². The molecule has 0 aromatic carbocycles. The van der Waals surface area contributed by atoms with Crippen LogP contribution in [0.3, 0.4) is 0 Å². The summed E-state index contributed by atoms with van der Waals surface area (Å²) in [5, 5.41) is 0. The van der Waals surface area contributed by atoms with E-state index in [4.69, 9.17) is 4.74 Å². The van der Waals surface area contributed by atoms with Gasteiger partial charge in [-0.1, -0.05) is 0 Å². The SMILES string of the molecule is O=C1OC2(CCSCC2)c2cnccc21. The van der Waals surface area contributed by atoms with E-state index in [1.807, 2.05) is 11.8 Å². The number of hydrogen-bond donors (Lipinski definition) is 0. The van der Waals surface area contributed by atoms with Gasteiger partial charge in [0.1, 0.15) is 5.60 Å². The topological polar surface area (TPSA) is 39.2 Å². The van der Waals surface area contributed by atoms with Gasteiger partial charge in [0.05, 0.1) is 5.56 Å². The van der Waals surface area contributed by atoms with Crippen molar-refractivity contribution in [1.82, 2.24) is 4.98 Å². The monoisotopic (exact) mass is 221 g/mol. The molecule has 2 aliphatic heterocycles. The summed E-state index contributed by atoms with van der Waals surface area (Å²) in [5.41, 5.74) is 1.35. The number of hydrogen-bond acceptors (Lipinski definition) is 4. The van der Waals surface area contributed by atoms with Crippen molar-refractivity contribution >= 4 is 17.7 Å². The summed E-state index contributed by atoms with van der Waals surface area (Å²) in [6, 6.07) is 1.76. The normalized spacial score (nSPS) is 22.5. The molecule has 1 fully saturated rings. The number of thioether (sulfide) groups is 1. The minimum absolute atomic E-state index is 0.181. The summed E-state index contributed by atoms with van der Waals surface area (Å²) in [4.78, 5) is 15.8. The van der Waals surface area contributed by atoms with Gasteiger partial charge in [0.25, 0.3) is 0 Å². The first-order valence-electron chi connectivity index (χ1n) is 5.07. The fourth-order valence-electron chi connectivity index (χ4n) is 2.30. The lowest BCUT2D eigenvalue weighted by Gasteiger charge is -2.31. The molecule has 0 saturated carbocycles. The highest BCUT2D eigenvalue weighted by molar-refractivity contribution is 7.99. The molecule has 15 heavy (non-hydrogen) atoms. The molecule has 2 aliphatic rings. The molecule has 1 aromatic heterocycles. The molecule has 1 saturated heterocycles. The third-order valence-electron chi connectivity index (χ3n) is 3.12. The molecule has 3 heterocycles. The molecule has 0 bridgehead atoms. The van der Waals surface area contributed by atoms with E-state index in [-0.39, 0.29) is 11.6 Å². The second-order valence-electron chi connectivity index (χ2n) is 3.92. The number of carbonyl (C=O) groups is 1. The molecule has 1 spiro atoms. The number of esters is 1. The van der Waals surface area contributed by atoms with Crippen LogP contribution >= 0.6 is 11.8 Å². The van der Waals surface area contributed by atoms with Gasteiger partial charge in [-0.2, -0.15) is 11.8 Å². The summed E-state index contributed by atoms with van der Waals surface area (Å²) in [5.74, 6) is 1.93. The maximum Gasteiger partial charge on any atom is 0.339 e. The van der Waals surface area contributed by atoms with Crippen LogP contribution in [0.2, 0.25) is 0 Å². The Bertz CT molecular complexity index is 413. The Morgan fingerprint density at radius 2 is 2.20 bits per heavy atom. The first-order valence-corrected chi connectivity index (χ1v) is 6.23. The third kappa shape index (κ3) is 1.28. The maximum absolute atomic E-state index is 11.7. The summed E-state index contributed by atoms with van der Waals surface area (Å²) in [7, 11) is 0. The van der Waals surface area contributed by atoms with Gasteiger partial charge >= 0.3 is 5.97 Å². The zero-order chi connectivity index (χ0) is 10.3. The van der Waals surface area contributed by atoms with E-state index in [0.717, 1.165) is 29.9 Å². The number of nitrogens with zero attached hydrogens (tertiary/aromatic N) is 1. The molecule has 4 heteroatoms. The van der Waals surface area contributed by atoms with Crippen molar-refractivity contribution in [3.8, 4) is 0 Å². The van der Waals surface area contributed by atoms with Crippen LogP contribution in [0.15, 0.2) is 18.5 Å². The first kappa shape index (κ1) is 9.21. The van der Waals surface area contributed by atoms with Gasteiger partial charge in [0, 0.05) is 30.8 Å². The van der Waals surface area contributed by atoms with Crippen molar-refractivity contribution < 1.29 is 9.53 Å². The summed E-state index contributed by atoms with van der Waals surface area (Å²) in [6.45, 7) is 0. The van der Waals surface area contributed by atoms with E-state index >= 15 is 0 Å². The van der Waals surface area contributed by atoms with E-state index in [0.29, 0.717) is 5.56 Å². The predicted molar refractivity (Wildman–Crippen MR) is 57.9 cm³/mol. The Balaban J connectivity index is 2.10. The molecule has 1 aromatic rings. The molecule has 3 rings (SSSR count). The Labute approximate surface area is 92.2 Å². The molecule has 0 amide bonds. The number of fused-ring (bicyclic) bond motifs is 2. The van der Waals surface area contributed by atoms with Crippen LogP contribution in [0.5, 0.6) is 0 Å². The minimum atomic E-state index is -0.355. The highest BCUT2D eigenvalue weighted by atomic mass is 32.2. The second-order valence-corrected chi connectivity index (χ2v) is 5.14. The van der Waals surface area contributed by atoms with Crippen LogP contribution in [0.25, 0.3) is 0 Å². The van der Waals surface area contributed by atoms with Gasteiger partial charge in [-0.15, -0.1) is 0 Å². The van der Waals surface area contributed by atoms with Gasteiger partial charge in [-0.25, -0.2) is 4.79 Å². The van der Waals surface area contributed by atoms with Crippen LogP contribution < -0.4 is 0 Å². The minimum Gasteiger partial charge on any atom is -0.450 e. The Kier molecular flexibility index (Phi) is 1.99. The van der Waals surface area contributed by atoms with E-state index < -0.39 is 0 Å². The van der Waals surface area contributed by atoms with Crippen LogP contribution in [0, 0.1) is 0 Å². The van der Waals surface area contributed by atoms with Crippen LogP contribution in [0.4, 0.5) is 0 Å². The average Bonchev–Trinajstić information content (AvgIpc) is 2.55. The molecule has 0 aliphatic carbocycles. The van der Waals surface area contributed by atoms with Crippen molar-refractivity contribution in [2.45, 2.75) is 18.4 Å². The largest absolute Gasteiger partial charge is 0.450 e. The molecule has 0 atom stereocenters. The predicted octanol–water partition coefficient (Wildman–Crippen LogP) is 1.97. The Morgan fingerprint density at radius 3 is 3.00 bits per heavy atom. The lowest BCUT2D eigenvalue weighted by atomic mass is 9.88. The van der Waals surface area contributed by atoms with Crippen molar-refractivity contribution in [3.63, 3.8) is 0 Å². The first-order chi connectivity index (χ1) is 7.32. The highest BCUT2D eigenvalue weighted by Gasteiger charge is 2.46. The van der Waals surface area contributed by atoms with Crippen LogP contribution in [0.1, 0.15) is 28.8 Å². The number of rotatable bonds is 0. The van der Waals surface area contributed by atoms with E-state index in [9.17, 15) is 4.79 Å². The molecule has 3 nitrogen and oxygen atoms in total. The van der Waals surface area contributed by atoms with Gasteiger partial charge in [-0.05, 0) is 17.6 Å².